The van der Waals surface area contributed by atoms with Crippen molar-refractivity contribution in [2.45, 2.75) is 16.2 Å². The molecule has 0 saturated carbocycles. The molecule has 1 rings (SSSR count). The zero-order valence-corrected chi connectivity index (χ0v) is 10.2. The Kier molecular flexibility index (Phi) is 4.24. The average Bonchev–Trinajstić information content (AvgIpc) is 2.26. The molecule has 9 heteroatoms. The largest absolute Gasteiger partial charge is 0.386 e. The highest BCUT2D eigenvalue weighted by Gasteiger charge is 2.56. The first-order chi connectivity index (χ1) is 8.06. The number of rotatable bonds is 5. The lowest BCUT2D eigenvalue weighted by molar-refractivity contribution is -0.173. The monoisotopic (exact) mass is 306 g/mol. The number of benzene rings is 1. The van der Waals surface area contributed by atoms with E-state index in [0.29, 0.717) is 0 Å². The summed E-state index contributed by atoms with van der Waals surface area (Å²) in [7, 11) is -4.53. The third-order valence-electron chi connectivity index (χ3n) is 1.84. The molecule has 0 N–H and O–H groups in total. The van der Waals surface area contributed by atoms with Crippen LogP contribution < -0.4 is 0 Å². The van der Waals surface area contributed by atoms with Crippen molar-refractivity contribution in [1.29, 1.82) is 0 Å². The first-order valence-corrected chi connectivity index (χ1v) is 6.24. The van der Waals surface area contributed by atoms with Gasteiger partial charge in [0.25, 0.3) is 10.1 Å². The smallest absolute Gasteiger partial charge is 0.260 e. The van der Waals surface area contributed by atoms with Gasteiger partial charge >= 0.3 is 11.3 Å². The fourth-order valence-corrected chi connectivity index (χ4v) is 1.87. The molecule has 0 unspecified atom stereocenters. The molecule has 0 aromatic heterocycles. The van der Waals surface area contributed by atoms with Crippen molar-refractivity contribution in [3.8, 4) is 0 Å². The van der Waals surface area contributed by atoms with Crippen LogP contribution in [0.1, 0.15) is 0 Å². The van der Waals surface area contributed by atoms with Crippen LogP contribution >= 0.6 is 11.6 Å². The molecule has 0 aliphatic rings. The number of hydrogen-bond donors (Lipinski definition) is 0. The van der Waals surface area contributed by atoms with E-state index in [4.69, 9.17) is 0 Å². The van der Waals surface area contributed by atoms with Gasteiger partial charge in [0.1, 0.15) is 6.61 Å². The van der Waals surface area contributed by atoms with Crippen molar-refractivity contribution >= 4 is 21.7 Å². The summed E-state index contributed by atoms with van der Waals surface area (Å²) in [5, 5.41) is -4.89. The van der Waals surface area contributed by atoms with E-state index in [1.54, 1.807) is 0 Å². The molecule has 0 atom stereocenters. The van der Waals surface area contributed by atoms with Crippen LogP contribution in [0.5, 0.6) is 0 Å². The molecule has 0 aliphatic carbocycles. The van der Waals surface area contributed by atoms with Gasteiger partial charge in [-0.1, -0.05) is 18.2 Å². The Morgan fingerprint density at radius 3 is 2.06 bits per heavy atom. The maximum atomic E-state index is 12.7. The normalized spacial score (nSPS) is 13.6. The summed E-state index contributed by atoms with van der Waals surface area (Å²) in [5.41, 5.74) is 0. The Hall–Kier alpha value is -0.860. The van der Waals surface area contributed by atoms with E-state index in [1.165, 1.54) is 18.2 Å². The van der Waals surface area contributed by atoms with Gasteiger partial charge in [0.15, 0.2) is 0 Å². The molecule has 1 aromatic carbocycles. The lowest BCUT2D eigenvalue weighted by Gasteiger charge is -2.20. The average molecular weight is 307 g/mol. The van der Waals surface area contributed by atoms with Crippen molar-refractivity contribution in [3.05, 3.63) is 30.3 Å². The minimum atomic E-state index is -4.89. The van der Waals surface area contributed by atoms with Crippen LogP contribution in [-0.4, -0.2) is 26.3 Å². The lowest BCUT2D eigenvalue weighted by atomic mass is 10.4. The standard InChI is InChI=1S/C9H7ClF4O3S/c10-9(13,14)8(11,12)6-17-18(15,16)7-4-2-1-3-5-7/h1-5H,6H2. The molecule has 0 heterocycles. The first kappa shape index (κ1) is 15.2. The molecule has 0 aliphatic heterocycles. The first-order valence-electron chi connectivity index (χ1n) is 4.45. The highest BCUT2D eigenvalue weighted by Crippen LogP contribution is 2.38. The van der Waals surface area contributed by atoms with Crippen molar-refractivity contribution < 1.29 is 30.2 Å². The van der Waals surface area contributed by atoms with E-state index in [9.17, 15) is 26.0 Å². The maximum absolute atomic E-state index is 12.7. The number of hydrogen-bond acceptors (Lipinski definition) is 3. The van der Waals surface area contributed by atoms with Gasteiger partial charge in [-0.2, -0.15) is 26.0 Å². The molecule has 0 fully saturated rings. The third-order valence-corrected chi connectivity index (χ3v) is 3.40. The van der Waals surface area contributed by atoms with E-state index in [0.717, 1.165) is 12.1 Å². The SMILES string of the molecule is O=S(=O)(OCC(F)(F)C(F)(F)Cl)c1ccccc1. The van der Waals surface area contributed by atoms with E-state index >= 15 is 0 Å². The lowest BCUT2D eigenvalue weighted by Crippen LogP contribution is -2.40. The molecule has 0 saturated heterocycles. The van der Waals surface area contributed by atoms with Gasteiger partial charge in [-0.3, -0.25) is 4.18 Å². The Bertz CT molecular complexity index is 498. The van der Waals surface area contributed by atoms with Gasteiger partial charge in [0.05, 0.1) is 4.90 Å². The fraction of sp³-hybridized carbons (Fsp3) is 0.333. The van der Waals surface area contributed by atoms with Gasteiger partial charge in [0, 0.05) is 0 Å². The highest BCUT2D eigenvalue weighted by atomic mass is 35.5. The molecule has 0 radical (unpaired) electrons. The summed E-state index contributed by atoms with van der Waals surface area (Å²) in [6.45, 7) is -2.04. The van der Waals surface area contributed by atoms with Gasteiger partial charge in [-0.05, 0) is 23.7 Å². The molecule has 18 heavy (non-hydrogen) atoms. The minimum Gasteiger partial charge on any atom is -0.260 e. The number of halogens is 5. The Morgan fingerprint density at radius 1 is 1.11 bits per heavy atom. The predicted molar refractivity (Wildman–Crippen MR) is 55.3 cm³/mol. The van der Waals surface area contributed by atoms with Crippen LogP contribution in [-0.2, 0) is 14.3 Å². The summed E-state index contributed by atoms with van der Waals surface area (Å²) in [6, 6.07) is 6.29. The second kappa shape index (κ2) is 5.02. The summed E-state index contributed by atoms with van der Waals surface area (Å²) in [6.07, 6.45) is 0. The van der Waals surface area contributed by atoms with Crippen molar-refractivity contribution in [2.24, 2.45) is 0 Å². The zero-order chi connectivity index (χ0) is 14.0. The van der Waals surface area contributed by atoms with Crippen molar-refractivity contribution in [2.75, 3.05) is 6.61 Å². The van der Waals surface area contributed by atoms with E-state index in [-0.39, 0.29) is 0 Å². The van der Waals surface area contributed by atoms with E-state index in [1.807, 2.05) is 0 Å². The van der Waals surface area contributed by atoms with Crippen LogP contribution in [0.2, 0.25) is 0 Å². The third kappa shape index (κ3) is 3.56. The van der Waals surface area contributed by atoms with Gasteiger partial charge < -0.3 is 0 Å². The fourth-order valence-electron chi connectivity index (χ4n) is 0.889. The highest BCUT2D eigenvalue weighted by molar-refractivity contribution is 7.86. The second-order valence-corrected chi connectivity index (χ2v) is 5.32. The second-order valence-electron chi connectivity index (χ2n) is 3.23. The van der Waals surface area contributed by atoms with E-state index < -0.39 is 32.9 Å². The summed E-state index contributed by atoms with van der Waals surface area (Å²) in [4.78, 5) is -0.418. The molecule has 1 aromatic rings. The van der Waals surface area contributed by atoms with Gasteiger partial charge in [-0.15, -0.1) is 0 Å². The predicted octanol–water partition coefficient (Wildman–Crippen LogP) is 2.86. The maximum Gasteiger partial charge on any atom is 0.386 e. The molecular weight excluding hydrogens is 300 g/mol. The van der Waals surface area contributed by atoms with E-state index in [2.05, 4.69) is 15.8 Å². The Morgan fingerprint density at radius 2 is 1.61 bits per heavy atom. The summed E-state index contributed by atoms with van der Waals surface area (Å²) in [5.74, 6) is -4.80. The number of alkyl halides is 5. The molecule has 0 bridgehead atoms. The summed E-state index contributed by atoms with van der Waals surface area (Å²) < 4.78 is 76.4. The van der Waals surface area contributed by atoms with Crippen LogP contribution in [0.4, 0.5) is 17.6 Å². The van der Waals surface area contributed by atoms with Crippen LogP contribution in [0, 0.1) is 0 Å². The topological polar surface area (TPSA) is 43.4 Å². The molecular formula is C9H7ClF4O3S. The minimum absolute atomic E-state index is 0.418. The van der Waals surface area contributed by atoms with Crippen molar-refractivity contribution in [3.63, 3.8) is 0 Å². The molecule has 0 amide bonds. The Labute approximate surface area is 105 Å². The van der Waals surface area contributed by atoms with Crippen LogP contribution in [0.25, 0.3) is 0 Å². The molecule has 102 valence electrons. The quantitative estimate of drug-likeness (QED) is 0.477. The molecule has 0 spiro atoms. The van der Waals surface area contributed by atoms with Crippen molar-refractivity contribution in [1.82, 2.24) is 0 Å². The molecule has 3 nitrogen and oxygen atoms in total. The zero-order valence-electron chi connectivity index (χ0n) is 8.62. The van der Waals surface area contributed by atoms with Gasteiger partial charge in [-0.25, -0.2) is 0 Å². The van der Waals surface area contributed by atoms with Crippen LogP contribution in [0.15, 0.2) is 35.2 Å². The van der Waals surface area contributed by atoms with Crippen LogP contribution in [0.3, 0.4) is 0 Å². The van der Waals surface area contributed by atoms with Gasteiger partial charge in [0.2, 0.25) is 0 Å². The summed E-state index contributed by atoms with van der Waals surface area (Å²) >= 11 is 4.14. The Balaban J connectivity index is 2.82.